The standard InChI is InChI=1S/C23H29FN2O4/c1-17-6-7-19(13-22(17)24)23(28)26-10-8-25(9-11-26)14-20(27)16-30-15-18-4-3-5-21(12-18)29-2/h3-7,12-13,20,27H,8-11,14-16H2,1-2H3. The molecule has 1 aliphatic rings. The number of nitrogens with zero attached hydrogens (tertiary/aromatic N) is 2. The molecule has 0 aromatic heterocycles. The van der Waals surface area contributed by atoms with Crippen molar-refractivity contribution in [1.82, 2.24) is 9.80 Å². The number of carbonyl (C=O) groups excluding carboxylic acids is 1. The van der Waals surface area contributed by atoms with Gasteiger partial charge in [-0.2, -0.15) is 0 Å². The van der Waals surface area contributed by atoms with Crippen LogP contribution in [0, 0.1) is 12.7 Å². The van der Waals surface area contributed by atoms with Gasteiger partial charge in [-0.05, 0) is 42.3 Å². The number of halogens is 1. The molecular formula is C23H29FN2O4. The highest BCUT2D eigenvalue weighted by Crippen LogP contribution is 2.15. The van der Waals surface area contributed by atoms with Gasteiger partial charge in [0.25, 0.3) is 5.91 Å². The number of amides is 1. The van der Waals surface area contributed by atoms with Crippen molar-refractivity contribution in [3.63, 3.8) is 0 Å². The minimum absolute atomic E-state index is 0.157. The predicted octanol–water partition coefficient (Wildman–Crippen LogP) is 2.48. The van der Waals surface area contributed by atoms with Crippen LogP contribution >= 0.6 is 0 Å². The number of methoxy groups -OCH3 is 1. The van der Waals surface area contributed by atoms with E-state index in [2.05, 4.69) is 4.90 Å². The Morgan fingerprint density at radius 2 is 1.93 bits per heavy atom. The topological polar surface area (TPSA) is 62.2 Å². The monoisotopic (exact) mass is 416 g/mol. The van der Waals surface area contributed by atoms with Crippen molar-refractivity contribution >= 4 is 5.91 Å². The molecule has 1 fully saturated rings. The number of carbonyl (C=O) groups is 1. The largest absolute Gasteiger partial charge is 0.497 e. The van der Waals surface area contributed by atoms with Gasteiger partial charge in [0, 0.05) is 38.3 Å². The first kappa shape index (κ1) is 22.2. The molecule has 0 radical (unpaired) electrons. The zero-order chi connectivity index (χ0) is 21.5. The SMILES string of the molecule is COc1cccc(COCC(O)CN2CCN(C(=O)c3ccc(C)c(F)c3)CC2)c1. The van der Waals surface area contributed by atoms with Crippen LogP contribution in [0.3, 0.4) is 0 Å². The Hall–Kier alpha value is -2.48. The molecule has 30 heavy (non-hydrogen) atoms. The number of benzene rings is 2. The first-order chi connectivity index (χ1) is 14.5. The summed E-state index contributed by atoms with van der Waals surface area (Å²) >= 11 is 0. The van der Waals surface area contributed by atoms with Crippen LogP contribution in [0.4, 0.5) is 4.39 Å². The fourth-order valence-corrected chi connectivity index (χ4v) is 3.47. The van der Waals surface area contributed by atoms with E-state index in [9.17, 15) is 14.3 Å². The van der Waals surface area contributed by atoms with E-state index in [1.807, 2.05) is 24.3 Å². The van der Waals surface area contributed by atoms with Gasteiger partial charge in [0.05, 0.1) is 26.4 Å². The number of aryl methyl sites for hydroxylation is 1. The molecule has 2 aromatic carbocycles. The Balaban J connectivity index is 1.39. The Labute approximate surface area is 176 Å². The summed E-state index contributed by atoms with van der Waals surface area (Å²) in [7, 11) is 1.62. The van der Waals surface area contributed by atoms with E-state index in [1.165, 1.54) is 6.07 Å². The lowest BCUT2D eigenvalue weighted by Gasteiger charge is -2.35. The summed E-state index contributed by atoms with van der Waals surface area (Å²) in [5, 5.41) is 10.3. The Morgan fingerprint density at radius 3 is 2.63 bits per heavy atom. The van der Waals surface area contributed by atoms with Crippen LogP contribution < -0.4 is 4.74 Å². The number of rotatable bonds is 8. The highest BCUT2D eigenvalue weighted by atomic mass is 19.1. The lowest BCUT2D eigenvalue weighted by molar-refractivity contribution is 0.00203. The van der Waals surface area contributed by atoms with E-state index < -0.39 is 6.10 Å². The van der Waals surface area contributed by atoms with Gasteiger partial charge >= 0.3 is 0 Å². The number of ether oxygens (including phenoxy) is 2. The molecule has 0 saturated carbocycles. The van der Waals surface area contributed by atoms with Crippen LogP contribution in [0.1, 0.15) is 21.5 Å². The number of β-amino-alcohol motifs (C(OH)–C–C–N with tert-alkyl or cyclic N) is 1. The highest BCUT2D eigenvalue weighted by molar-refractivity contribution is 5.94. The van der Waals surface area contributed by atoms with Crippen molar-refractivity contribution in [3.8, 4) is 5.75 Å². The molecule has 3 rings (SSSR count). The van der Waals surface area contributed by atoms with E-state index in [0.717, 1.165) is 11.3 Å². The third kappa shape index (κ3) is 6.01. The van der Waals surface area contributed by atoms with Crippen molar-refractivity contribution in [2.75, 3.05) is 46.4 Å². The van der Waals surface area contributed by atoms with E-state index in [-0.39, 0.29) is 18.3 Å². The van der Waals surface area contributed by atoms with Crippen LogP contribution in [0.2, 0.25) is 0 Å². The van der Waals surface area contributed by atoms with Crippen molar-refractivity contribution in [2.24, 2.45) is 0 Å². The van der Waals surface area contributed by atoms with Gasteiger partial charge in [0.1, 0.15) is 11.6 Å². The molecule has 1 unspecified atom stereocenters. The summed E-state index contributed by atoms with van der Waals surface area (Å²) in [5.74, 6) is 0.254. The molecule has 1 atom stereocenters. The molecule has 1 heterocycles. The number of piperazine rings is 1. The van der Waals surface area contributed by atoms with E-state index in [4.69, 9.17) is 9.47 Å². The number of hydrogen-bond donors (Lipinski definition) is 1. The molecule has 7 heteroatoms. The highest BCUT2D eigenvalue weighted by Gasteiger charge is 2.23. The van der Waals surface area contributed by atoms with Gasteiger partial charge in [-0.3, -0.25) is 9.69 Å². The smallest absolute Gasteiger partial charge is 0.254 e. The summed E-state index contributed by atoms with van der Waals surface area (Å²) in [6, 6.07) is 12.2. The second-order valence-corrected chi connectivity index (χ2v) is 7.58. The lowest BCUT2D eigenvalue weighted by atomic mass is 10.1. The van der Waals surface area contributed by atoms with E-state index in [0.29, 0.717) is 50.5 Å². The predicted molar refractivity (Wildman–Crippen MR) is 112 cm³/mol. The number of aliphatic hydroxyl groups excluding tert-OH is 1. The minimum Gasteiger partial charge on any atom is -0.497 e. The number of hydrogen-bond acceptors (Lipinski definition) is 5. The molecule has 0 spiro atoms. The maximum atomic E-state index is 13.7. The molecule has 0 aliphatic carbocycles. The van der Waals surface area contributed by atoms with E-state index >= 15 is 0 Å². The van der Waals surface area contributed by atoms with Crippen LogP contribution in [-0.2, 0) is 11.3 Å². The zero-order valence-electron chi connectivity index (χ0n) is 17.5. The zero-order valence-corrected chi connectivity index (χ0v) is 17.5. The Bertz CT molecular complexity index is 853. The third-order valence-corrected chi connectivity index (χ3v) is 5.26. The van der Waals surface area contributed by atoms with Crippen LogP contribution in [0.15, 0.2) is 42.5 Å². The Kier molecular flexibility index (Phi) is 7.79. The summed E-state index contributed by atoms with van der Waals surface area (Å²) < 4.78 is 24.6. The van der Waals surface area contributed by atoms with Crippen LogP contribution in [0.5, 0.6) is 5.75 Å². The maximum Gasteiger partial charge on any atom is 0.254 e. The lowest BCUT2D eigenvalue weighted by Crippen LogP contribution is -2.50. The first-order valence-corrected chi connectivity index (χ1v) is 10.1. The Morgan fingerprint density at radius 1 is 1.17 bits per heavy atom. The quantitative estimate of drug-likeness (QED) is 0.716. The van der Waals surface area contributed by atoms with Crippen molar-refractivity contribution in [2.45, 2.75) is 19.6 Å². The second kappa shape index (κ2) is 10.5. The van der Waals surface area contributed by atoms with Crippen LogP contribution in [-0.4, -0.2) is 73.4 Å². The average molecular weight is 416 g/mol. The number of aliphatic hydroxyl groups is 1. The van der Waals surface area contributed by atoms with Crippen LogP contribution in [0.25, 0.3) is 0 Å². The summed E-state index contributed by atoms with van der Waals surface area (Å²) in [5.41, 5.74) is 1.89. The van der Waals surface area contributed by atoms with Gasteiger partial charge in [-0.1, -0.05) is 18.2 Å². The molecule has 1 amide bonds. The van der Waals surface area contributed by atoms with Crippen molar-refractivity contribution in [3.05, 3.63) is 65.0 Å². The molecule has 1 N–H and O–H groups in total. The summed E-state index contributed by atoms with van der Waals surface area (Å²) in [6.07, 6.45) is -0.607. The molecule has 1 saturated heterocycles. The molecule has 0 bridgehead atoms. The van der Waals surface area contributed by atoms with Gasteiger partial charge in [0.15, 0.2) is 0 Å². The fourth-order valence-electron chi connectivity index (χ4n) is 3.47. The van der Waals surface area contributed by atoms with Crippen molar-refractivity contribution < 1.29 is 23.8 Å². The molecule has 6 nitrogen and oxygen atoms in total. The average Bonchev–Trinajstić information content (AvgIpc) is 2.76. The molecule has 1 aliphatic heterocycles. The van der Waals surface area contributed by atoms with Gasteiger partial charge < -0.3 is 19.5 Å². The molecule has 2 aromatic rings. The van der Waals surface area contributed by atoms with E-state index in [1.54, 1.807) is 31.1 Å². The molecular weight excluding hydrogens is 387 g/mol. The maximum absolute atomic E-state index is 13.7. The van der Waals surface area contributed by atoms with Gasteiger partial charge in [-0.15, -0.1) is 0 Å². The third-order valence-electron chi connectivity index (χ3n) is 5.26. The second-order valence-electron chi connectivity index (χ2n) is 7.58. The van der Waals surface area contributed by atoms with Gasteiger partial charge in [-0.25, -0.2) is 4.39 Å². The summed E-state index contributed by atoms with van der Waals surface area (Å²) in [4.78, 5) is 16.4. The van der Waals surface area contributed by atoms with Gasteiger partial charge in [0.2, 0.25) is 0 Å². The normalized spacial score (nSPS) is 15.8. The molecule has 162 valence electrons. The van der Waals surface area contributed by atoms with Crippen molar-refractivity contribution in [1.29, 1.82) is 0 Å². The minimum atomic E-state index is -0.607. The first-order valence-electron chi connectivity index (χ1n) is 10.1. The fraction of sp³-hybridized carbons (Fsp3) is 0.435. The summed E-state index contributed by atoms with van der Waals surface area (Å²) in [6.45, 7) is 5.22.